The number of hydrogen-bond donors (Lipinski definition) is 0. The lowest BCUT2D eigenvalue weighted by Crippen LogP contribution is -2.49. The van der Waals surface area contributed by atoms with Crippen molar-refractivity contribution in [2.24, 2.45) is 0 Å². The summed E-state index contributed by atoms with van der Waals surface area (Å²) >= 11 is 0. The van der Waals surface area contributed by atoms with Gasteiger partial charge in [-0.1, -0.05) is 30.3 Å². The van der Waals surface area contributed by atoms with Gasteiger partial charge in [-0.15, -0.1) is 0 Å². The van der Waals surface area contributed by atoms with Crippen LogP contribution in [0.5, 0.6) is 0 Å². The Balaban J connectivity index is 1.89. The highest BCUT2D eigenvalue weighted by atomic mass is 19.2. The minimum Gasteiger partial charge on any atom is -0.331 e. The van der Waals surface area contributed by atoms with E-state index in [1.807, 2.05) is 6.07 Å². The van der Waals surface area contributed by atoms with E-state index in [-0.39, 0.29) is 25.1 Å². The second-order valence-corrected chi connectivity index (χ2v) is 6.21. The van der Waals surface area contributed by atoms with Crippen LogP contribution in [-0.4, -0.2) is 28.3 Å². The van der Waals surface area contributed by atoms with Crippen molar-refractivity contribution in [3.8, 4) is 0 Å². The number of halogens is 3. The second kappa shape index (κ2) is 7.15. The molecule has 0 radical (unpaired) electrons. The minimum absolute atomic E-state index is 0.191. The fourth-order valence-electron chi connectivity index (χ4n) is 3.22. The van der Waals surface area contributed by atoms with Gasteiger partial charge in [0.15, 0.2) is 11.6 Å². The first-order chi connectivity index (χ1) is 12.4. The highest BCUT2D eigenvalue weighted by Gasteiger charge is 2.43. The highest BCUT2D eigenvalue weighted by molar-refractivity contribution is 5.78. The molecule has 3 rings (SSSR count). The molecule has 1 amide bonds. The molecule has 0 bridgehead atoms. The van der Waals surface area contributed by atoms with Crippen LogP contribution in [0.4, 0.5) is 13.2 Å². The molecule has 0 aromatic heterocycles. The number of piperidine rings is 1. The first-order valence-corrected chi connectivity index (χ1v) is 7.96. The number of carbonyl (C=O) groups excluding carboxylic acids is 1. The summed E-state index contributed by atoms with van der Waals surface area (Å²) in [6.07, 6.45) is -0.347. The summed E-state index contributed by atoms with van der Waals surface area (Å²) in [6.45, 7) is -0.0408. The molecule has 0 unspecified atom stereocenters. The Kier molecular flexibility index (Phi) is 4.92. The predicted molar refractivity (Wildman–Crippen MR) is 86.3 cm³/mol. The van der Waals surface area contributed by atoms with E-state index in [4.69, 9.17) is 0 Å². The summed E-state index contributed by atoms with van der Waals surface area (Å²) < 4.78 is 40.7. The van der Waals surface area contributed by atoms with Crippen LogP contribution in [0.25, 0.3) is 0 Å². The fourth-order valence-corrected chi connectivity index (χ4v) is 3.22. The molecular weight excluding hydrogens is 349 g/mol. The van der Waals surface area contributed by atoms with Crippen LogP contribution < -0.4 is 0 Å². The topological polar surface area (TPSA) is 63.4 Å². The van der Waals surface area contributed by atoms with Crippen molar-refractivity contribution >= 4 is 5.91 Å². The molecule has 0 spiro atoms. The van der Waals surface area contributed by atoms with Crippen molar-refractivity contribution < 1.29 is 22.9 Å². The number of likely N-dealkylation sites (tertiary alicyclic amines) is 1. The van der Waals surface area contributed by atoms with Gasteiger partial charge in [0.05, 0.1) is 12.5 Å². The number of nitrogens with zero attached hydrogens (tertiary/aromatic N) is 2. The van der Waals surface area contributed by atoms with E-state index in [9.17, 15) is 28.1 Å². The molecule has 1 saturated heterocycles. The average Bonchev–Trinajstić information content (AvgIpc) is 2.60. The Morgan fingerprint density at radius 1 is 1.08 bits per heavy atom. The van der Waals surface area contributed by atoms with Gasteiger partial charge in [0.1, 0.15) is 5.82 Å². The summed E-state index contributed by atoms with van der Waals surface area (Å²) in [5, 5.41) is 11.5. The van der Waals surface area contributed by atoms with Crippen LogP contribution in [0.3, 0.4) is 0 Å². The highest BCUT2D eigenvalue weighted by Crippen LogP contribution is 2.34. The maximum absolute atomic E-state index is 14.1. The normalized spacial score (nSPS) is 20.3. The summed E-state index contributed by atoms with van der Waals surface area (Å²) in [7, 11) is 0. The van der Waals surface area contributed by atoms with E-state index in [2.05, 4.69) is 0 Å². The Bertz CT molecular complexity index is 845. The molecule has 0 N–H and O–H groups in total. The van der Waals surface area contributed by atoms with Gasteiger partial charge in [-0.2, -0.15) is 0 Å². The summed E-state index contributed by atoms with van der Waals surface area (Å²) in [5.41, 5.74) is 0.457. The summed E-state index contributed by atoms with van der Waals surface area (Å²) in [4.78, 5) is 24.6. The Hall–Kier alpha value is -2.90. The zero-order valence-corrected chi connectivity index (χ0v) is 13.6. The molecule has 26 heavy (non-hydrogen) atoms. The monoisotopic (exact) mass is 364 g/mol. The van der Waals surface area contributed by atoms with E-state index < -0.39 is 40.2 Å². The summed E-state index contributed by atoms with van der Waals surface area (Å²) in [6, 6.07) is 8.60. The van der Waals surface area contributed by atoms with Gasteiger partial charge in [-0.25, -0.2) is 13.2 Å². The third kappa shape index (κ3) is 3.54. The molecule has 5 nitrogen and oxygen atoms in total. The van der Waals surface area contributed by atoms with Crippen molar-refractivity contribution in [1.82, 2.24) is 4.90 Å². The van der Waals surface area contributed by atoms with Gasteiger partial charge in [0.25, 0.3) is 0 Å². The molecule has 136 valence electrons. The average molecular weight is 364 g/mol. The van der Waals surface area contributed by atoms with Crippen molar-refractivity contribution in [2.45, 2.75) is 24.9 Å². The van der Waals surface area contributed by atoms with Crippen LogP contribution >= 0.6 is 0 Å². The molecule has 2 atom stereocenters. The number of rotatable bonds is 4. The third-order valence-electron chi connectivity index (χ3n) is 4.55. The van der Waals surface area contributed by atoms with Crippen LogP contribution in [0.15, 0.2) is 42.5 Å². The molecule has 1 aliphatic rings. The number of nitro groups is 1. The molecule has 8 heteroatoms. The van der Waals surface area contributed by atoms with Gasteiger partial charge in [-0.3, -0.25) is 14.9 Å². The second-order valence-electron chi connectivity index (χ2n) is 6.21. The number of benzene rings is 2. The number of hydrogen-bond acceptors (Lipinski definition) is 3. The standard InChI is InChI=1S/C18H15F3N2O3/c19-14-8-16(21)15(20)6-12(14)13-7-18(24)22(10-17(13)23(25)26)9-11-4-2-1-3-5-11/h1-6,8,13,17H,7,9-10H2/t13-,17+/m1/s1. The van der Waals surface area contributed by atoms with Crippen LogP contribution in [0, 0.1) is 27.6 Å². The number of carbonyl (C=O) groups is 1. The SMILES string of the molecule is O=C1C[C@H](c2cc(F)c(F)cc2F)[C@@H]([N+](=O)[O-])CN1Cc1ccccc1. The third-order valence-corrected chi connectivity index (χ3v) is 4.55. The lowest BCUT2D eigenvalue weighted by atomic mass is 9.84. The van der Waals surface area contributed by atoms with Crippen molar-refractivity contribution in [1.29, 1.82) is 0 Å². The maximum Gasteiger partial charge on any atom is 0.237 e. The van der Waals surface area contributed by atoms with E-state index >= 15 is 0 Å². The first kappa shape index (κ1) is 17.9. The zero-order valence-electron chi connectivity index (χ0n) is 13.6. The molecule has 2 aromatic rings. The molecule has 1 aliphatic heterocycles. The van der Waals surface area contributed by atoms with E-state index in [0.717, 1.165) is 5.56 Å². The van der Waals surface area contributed by atoms with E-state index in [1.165, 1.54) is 4.90 Å². The smallest absolute Gasteiger partial charge is 0.237 e. The molecule has 2 aromatic carbocycles. The van der Waals surface area contributed by atoms with Gasteiger partial charge in [0.2, 0.25) is 11.9 Å². The molecule has 1 fully saturated rings. The maximum atomic E-state index is 14.1. The van der Waals surface area contributed by atoms with Crippen LogP contribution in [0.1, 0.15) is 23.5 Å². The molecule has 1 heterocycles. The lowest BCUT2D eigenvalue weighted by Gasteiger charge is -2.34. The Labute approximate surface area is 147 Å². The van der Waals surface area contributed by atoms with E-state index in [0.29, 0.717) is 12.1 Å². The van der Waals surface area contributed by atoms with Gasteiger partial charge < -0.3 is 4.90 Å². The lowest BCUT2D eigenvalue weighted by molar-refractivity contribution is -0.528. The zero-order chi connectivity index (χ0) is 18.8. The van der Waals surface area contributed by atoms with Crippen molar-refractivity contribution in [3.63, 3.8) is 0 Å². The van der Waals surface area contributed by atoms with Crippen LogP contribution in [-0.2, 0) is 11.3 Å². The summed E-state index contributed by atoms with van der Waals surface area (Å²) in [5.74, 6) is -5.33. The van der Waals surface area contributed by atoms with Crippen LogP contribution in [0.2, 0.25) is 0 Å². The molecule has 0 saturated carbocycles. The minimum atomic E-state index is -1.38. The van der Waals surface area contributed by atoms with Gasteiger partial charge in [-0.05, 0) is 11.6 Å². The van der Waals surface area contributed by atoms with Crippen molar-refractivity contribution in [2.75, 3.05) is 6.54 Å². The van der Waals surface area contributed by atoms with E-state index in [1.54, 1.807) is 24.3 Å². The fraction of sp³-hybridized carbons (Fsp3) is 0.278. The first-order valence-electron chi connectivity index (χ1n) is 7.96. The van der Waals surface area contributed by atoms with Gasteiger partial charge in [0, 0.05) is 29.5 Å². The molecular formula is C18H15F3N2O3. The quantitative estimate of drug-likeness (QED) is 0.475. The van der Waals surface area contributed by atoms with Crippen molar-refractivity contribution in [3.05, 3.63) is 81.2 Å². The Morgan fingerprint density at radius 3 is 2.38 bits per heavy atom. The van der Waals surface area contributed by atoms with Gasteiger partial charge >= 0.3 is 0 Å². The number of amides is 1. The molecule has 0 aliphatic carbocycles. The Morgan fingerprint density at radius 2 is 1.73 bits per heavy atom. The largest absolute Gasteiger partial charge is 0.331 e. The predicted octanol–water partition coefficient (Wildman–Crippen LogP) is 3.27.